The molecule has 1 aliphatic heterocycles. The van der Waals surface area contributed by atoms with E-state index in [-0.39, 0.29) is 34.5 Å². The van der Waals surface area contributed by atoms with Gasteiger partial charge in [0.05, 0.1) is 4.90 Å². The first-order valence-electron chi connectivity index (χ1n) is 7.94. The van der Waals surface area contributed by atoms with E-state index >= 15 is 0 Å². The number of aryl methyl sites for hydroxylation is 1. The third kappa shape index (κ3) is 3.59. The van der Waals surface area contributed by atoms with Crippen LogP contribution in [0.15, 0.2) is 23.1 Å². The highest BCUT2D eigenvalue weighted by molar-refractivity contribution is 7.89. The Morgan fingerprint density at radius 1 is 1.29 bits per heavy atom. The second-order valence-electron chi connectivity index (χ2n) is 6.55. The zero-order chi connectivity index (χ0) is 16.7. The number of nitrogens with one attached hydrogen (secondary N) is 3. The minimum Gasteiger partial charge on any atom is -0.326 e. The summed E-state index contributed by atoms with van der Waals surface area (Å²) in [7, 11) is -2.15. The smallest absolute Gasteiger partial charge is 0.240 e. The van der Waals surface area contributed by atoms with Gasteiger partial charge in [0.1, 0.15) is 0 Å². The fourth-order valence-electron chi connectivity index (χ4n) is 3.50. The van der Waals surface area contributed by atoms with Gasteiger partial charge >= 0.3 is 0 Å². The van der Waals surface area contributed by atoms with Gasteiger partial charge < -0.3 is 10.6 Å². The number of amides is 1. The number of carbonyl (C=O) groups is 1. The predicted octanol–water partition coefficient (Wildman–Crippen LogP) is 1.65. The van der Waals surface area contributed by atoms with Gasteiger partial charge in [-0.05, 0) is 69.4 Å². The Morgan fingerprint density at radius 3 is 2.58 bits per heavy atom. The maximum atomic E-state index is 12.5. The van der Waals surface area contributed by atoms with Crippen LogP contribution in [0.5, 0.6) is 0 Å². The molecule has 1 amide bonds. The third-order valence-electron chi connectivity index (χ3n) is 5.12. The average molecular weight is 374 g/mol. The van der Waals surface area contributed by atoms with E-state index in [1.54, 1.807) is 19.1 Å². The molecule has 1 spiro atoms. The minimum absolute atomic E-state index is 0. The molecule has 1 aromatic carbocycles. The van der Waals surface area contributed by atoms with Gasteiger partial charge in [-0.2, -0.15) is 0 Å². The first-order valence-corrected chi connectivity index (χ1v) is 9.42. The zero-order valence-electron chi connectivity index (χ0n) is 13.9. The summed E-state index contributed by atoms with van der Waals surface area (Å²) in [6.45, 7) is 3.68. The molecular formula is C16H24ClN3O3S. The lowest BCUT2D eigenvalue weighted by Gasteiger charge is -2.23. The van der Waals surface area contributed by atoms with E-state index < -0.39 is 10.0 Å². The van der Waals surface area contributed by atoms with Crippen LogP contribution in [0.4, 0.5) is 5.69 Å². The molecule has 1 unspecified atom stereocenters. The van der Waals surface area contributed by atoms with E-state index in [2.05, 4.69) is 15.4 Å². The summed E-state index contributed by atoms with van der Waals surface area (Å²) in [5.74, 6) is 0.0545. The Labute approximate surface area is 149 Å². The van der Waals surface area contributed by atoms with Gasteiger partial charge in [-0.1, -0.05) is 6.07 Å². The van der Waals surface area contributed by atoms with Gasteiger partial charge in [0.15, 0.2) is 0 Å². The van der Waals surface area contributed by atoms with E-state index in [0.29, 0.717) is 11.3 Å². The molecule has 134 valence electrons. The molecule has 3 rings (SSSR count). The molecule has 0 bridgehead atoms. The lowest BCUT2D eigenvalue weighted by molar-refractivity contribution is -0.118. The maximum absolute atomic E-state index is 12.5. The molecular weight excluding hydrogens is 350 g/mol. The van der Waals surface area contributed by atoms with E-state index in [0.717, 1.165) is 32.4 Å². The Hall–Kier alpha value is -1.15. The lowest BCUT2D eigenvalue weighted by Crippen LogP contribution is -2.31. The van der Waals surface area contributed by atoms with Crippen molar-refractivity contribution >= 4 is 34.0 Å². The number of benzene rings is 1. The van der Waals surface area contributed by atoms with Crippen LogP contribution < -0.4 is 15.4 Å². The monoisotopic (exact) mass is 373 g/mol. The van der Waals surface area contributed by atoms with Gasteiger partial charge in [0, 0.05) is 11.6 Å². The zero-order valence-corrected chi connectivity index (χ0v) is 15.5. The number of piperidine rings is 1. The summed E-state index contributed by atoms with van der Waals surface area (Å²) >= 11 is 0. The highest BCUT2D eigenvalue weighted by Crippen LogP contribution is 2.58. The topological polar surface area (TPSA) is 87.3 Å². The fraction of sp³-hybridized carbons (Fsp3) is 0.562. The molecule has 0 aromatic heterocycles. The van der Waals surface area contributed by atoms with Crippen LogP contribution in [0.2, 0.25) is 0 Å². The summed E-state index contributed by atoms with van der Waals surface area (Å²) in [6, 6.07) is 4.99. The SMILES string of the molecule is CNS(=O)(=O)c1cc(NC(=O)C2CC23CCNCC3)ccc1C.Cl. The molecule has 0 radical (unpaired) electrons. The molecule has 6 nitrogen and oxygen atoms in total. The number of hydrogen-bond acceptors (Lipinski definition) is 4. The van der Waals surface area contributed by atoms with Crippen LogP contribution in [0.3, 0.4) is 0 Å². The predicted molar refractivity (Wildman–Crippen MR) is 95.9 cm³/mol. The molecule has 3 N–H and O–H groups in total. The summed E-state index contributed by atoms with van der Waals surface area (Å²) in [6.07, 6.45) is 3.02. The van der Waals surface area contributed by atoms with Crippen molar-refractivity contribution in [2.45, 2.75) is 31.1 Å². The highest BCUT2D eigenvalue weighted by atomic mass is 35.5. The Kier molecular flexibility index (Phi) is 5.59. The number of halogens is 1. The lowest BCUT2D eigenvalue weighted by atomic mass is 9.92. The number of anilines is 1. The molecule has 24 heavy (non-hydrogen) atoms. The van der Waals surface area contributed by atoms with E-state index in [4.69, 9.17) is 0 Å². The van der Waals surface area contributed by atoms with Gasteiger partial charge in [-0.25, -0.2) is 13.1 Å². The second kappa shape index (κ2) is 7.00. The Morgan fingerprint density at radius 2 is 1.96 bits per heavy atom. The average Bonchev–Trinajstić information content (AvgIpc) is 3.23. The minimum atomic E-state index is -3.53. The van der Waals surface area contributed by atoms with Gasteiger partial charge in [0.25, 0.3) is 0 Å². The fourth-order valence-corrected chi connectivity index (χ4v) is 4.50. The van der Waals surface area contributed by atoms with Crippen molar-refractivity contribution < 1.29 is 13.2 Å². The van der Waals surface area contributed by atoms with E-state index in [9.17, 15) is 13.2 Å². The van der Waals surface area contributed by atoms with Crippen molar-refractivity contribution in [2.24, 2.45) is 11.3 Å². The number of carbonyl (C=O) groups excluding carboxylic acids is 1. The number of hydrogen-bond donors (Lipinski definition) is 3. The molecule has 1 aliphatic carbocycles. The second-order valence-corrected chi connectivity index (χ2v) is 8.40. The maximum Gasteiger partial charge on any atom is 0.240 e. The molecule has 1 saturated carbocycles. The van der Waals surface area contributed by atoms with Gasteiger partial charge in [0.2, 0.25) is 15.9 Å². The molecule has 2 fully saturated rings. The molecule has 1 atom stereocenters. The van der Waals surface area contributed by atoms with Crippen LogP contribution in [0.25, 0.3) is 0 Å². The Bertz CT molecular complexity index is 730. The number of sulfonamides is 1. The normalized spacial score (nSPS) is 21.8. The summed E-state index contributed by atoms with van der Waals surface area (Å²) in [5, 5.41) is 6.21. The van der Waals surface area contributed by atoms with Crippen molar-refractivity contribution in [1.29, 1.82) is 0 Å². The van der Waals surface area contributed by atoms with Crippen molar-refractivity contribution in [3.63, 3.8) is 0 Å². The summed E-state index contributed by atoms with van der Waals surface area (Å²) in [4.78, 5) is 12.7. The molecule has 2 aliphatic rings. The third-order valence-corrected chi connectivity index (χ3v) is 6.68. The highest BCUT2D eigenvalue weighted by Gasteiger charge is 2.57. The van der Waals surface area contributed by atoms with Crippen LogP contribution in [0.1, 0.15) is 24.8 Å². The molecule has 1 saturated heterocycles. The van der Waals surface area contributed by atoms with Gasteiger partial charge in [-0.15, -0.1) is 12.4 Å². The van der Waals surface area contributed by atoms with Crippen molar-refractivity contribution in [2.75, 3.05) is 25.5 Å². The summed E-state index contributed by atoms with van der Waals surface area (Å²) < 4.78 is 26.3. The van der Waals surface area contributed by atoms with Gasteiger partial charge in [-0.3, -0.25) is 4.79 Å². The van der Waals surface area contributed by atoms with Crippen molar-refractivity contribution in [1.82, 2.24) is 10.0 Å². The van der Waals surface area contributed by atoms with E-state index in [1.165, 1.54) is 13.1 Å². The van der Waals surface area contributed by atoms with Crippen LogP contribution in [0, 0.1) is 18.3 Å². The first-order chi connectivity index (χ1) is 10.9. The van der Waals surface area contributed by atoms with Crippen molar-refractivity contribution in [3.05, 3.63) is 23.8 Å². The molecule has 1 aromatic rings. The van der Waals surface area contributed by atoms with E-state index in [1.807, 2.05) is 0 Å². The Balaban J connectivity index is 0.00000208. The largest absolute Gasteiger partial charge is 0.326 e. The number of rotatable bonds is 4. The first kappa shape index (κ1) is 19.2. The van der Waals surface area contributed by atoms with Crippen molar-refractivity contribution in [3.8, 4) is 0 Å². The van der Waals surface area contributed by atoms with Crippen LogP contribution in [-0.4, -0.2) is 34.5 Å². The summed E-state index contributed by atoms with van der Waals surface area (Å²) in [5.41, 5.74) is 1.35. The quantitative estimate of drug-likeness (QED) is 0.749. The van der Waals surface area contributed by atoms with Crippen LogP contribution >= 0.6 is 12.4 Å². The molecule has 8 heteroatoms. The standard InChI is InChI=1S/C16H23N3O3S.ClH/c1-11-3-4-12(9-14(11)23(21,22)17-2)19-15(20)13-10-16(13)5-7-18-8-6-16;/h3-4,9,13,17-18H,5-8,10H2,1-2H3,(H,19,20);1H. The molecule has 1 heterocycles. The van der Waals surface area contributed by atoms with Crippen LogP contribution in [-0.2, 0) is 14.8 Å².